The molecule has 1 N–H and O–H groups in total. The predicted molar refractivity (Wildman–Crippen MR) is 88.2 cm³/mol. The molecule has 6 nitrogen and oxygen atoms in total. The lowest BCUT2D eigenvalue weighted by Gasteiger charge is -1.98. The second-order valence-electron chi connectivity index (χ2n) is 4.92. The molecule has 0 amide bonds. The standard InChI is InChI=1S/C16H12N4O2S/c1-22-12-6-7-13-15(8-12)23-16(17-13)14-9-20(19-18-14)10-2-4-11(21)5-3-10/h2-9,21H,1H3. The van der Waals surface area contributed by atoms with E-state index in [4.69, 9.17) is 4.74 Å². The lowest BCUT2D eigenvalue weighted by Crippen LogP contribution is -1.93. The summed E-state index contributed by atoms with van der Waals surface area (Å²) in [5, 5.41) is 18.5. The minimum absolute atomic E-state index is 0.217. The molecule has 2 heterocycles. The third-order valence-electron chi connectivity index (χ3n) is 3.42. The summed E-state index contributed by atoms with van der Waals surface area (Å²) in [5.74, 6) is 1.02. The van der Waals surface area contributed by atoms with Crippen LogP contribution in [0.3, 0.4) is 0 Å². The fraction of sp³-hybridized carbons (Fsp3) is 0.0625. The molecule has 2 aromatic heterocycles. The van der Waals surface area contributed by atoms with Gasteiger partial charge in [0.1, 0.15) is 22.2 Å². The Hall–Kier alpha value is -2.93. The van der Waals surface area contributed by atoms with E-state index in [-0.39, 0.29) is 5.75 Å². The molecule has 0 radical (unpaired) electrons. The van der Waals surface area contributed by atoms with Crippen molar-refractivity contribution in [2.24, 2.45) is 0 Å². The van der Waals surface area contributed by atoms with Crippen molar-refractivity contribution in [1.29, 1.82) is 0 Å². The van der Waals surface area contributed by atoms with Crippen LogP contribution >= 0.6 is 11.3 Å². The SMILES string of the molecule is COc1ccc2nc(-c3cn(-c4ccc(O)cc4)nn3)sc2c1. The molecule has 0 aliphatic carbocycles. The number of phenolic OH excluding ortho intramolecular Hbond substituents is 1. The number of ether oxygens (including phenoxy) is 1. The van der Waals surface area contributed by atoms with Gasteiger partial charge in [0.15, 0.2) is 0 Å². The maximum absolute atomic E-state index is 9.35. The quantitative estimate of drug-likeness (QED) is 0.626. The molecule has 114 valence electrons. The molecule has 0 unspecified atom stereocenters. The Kier molecular flexibility index (Phi) is 3.20. The molecule has 2 aromatic carbocycles. The molecular formula is C16H12N4O2S. The zero-order valence-electron chi connectivity index (χ0n) is 12.2. The van der Waals surface area contributed by atoms with E-state index in [1.165, 1.54) is 0 Å². The maximum Gasteiger partial charge on any atom is 0.146 e. The number of nitrogens with zero attached hydrogens (tertiary/aromatic N) is 4. The number of aromatic nitrogens is 4. The highest BCUT2D eigenvalue weighted by Crippen LogP contribution is 2.31. The average Bonchev–Trinajstić information content (AvgIpc) is 3.21. The summed E-state index contributed by atoms with van der Waals surface area (Å²) in [4.78, 5) is 4.59. The lowest BCUT2D eigenvalue weighted by molar-refractivity contribution is 0.415. The van der Waals surface area contributed by atoms with Gasteiger partial charge in [0.25, 0.3) is 0 Å². The van der Waals surface area contributed by atoms with Crippen LogP contribution in [0.1, 0.15) is 0 Å². The Balaban J connectivity index is 1.72. The van der Waals surface area contributed by atoms with Crippen LogP contribution in [0.25, 0.3) is 26.6 Å². The van der Waals surface area contributed by atoms with Crippen LogP contribution in [0.2, 0.25) is 0 Å². The summed E-state index contributed by atoms with van der Waals surface area (Å²) >= 11 is 1.54. The van der Waals surface area contributed by atoms with E-state index in [0.29, 0.717) is 5.69 Å². The topological polar surface area (TPSA) is 73.1 Å². The summed E-state index contributed by atoms with van der Waals surface area (Å²) in [6.07, 6.45) is 1.82. The third-order valence-corrected chi connectivity index (χ3v) is 4.46. The molecule has 7 heteroatoms. The van der Waals surface area contributed by atoms with E-state index in [1.807, 2.05) is 24.4 Å². The summed E-state index contributed by atoms with van der Waals surface area (Å²) in [7, 11) is 1.65. The van der Waals surface area contributed by atoms with Gasteiger partial charge in [0.05, 0.1) is 29.2 Å². The van der Waals surface area contributed by atoms with Crippen molar-refractivity contribution in [3.05, 3.63) is 48.7 Å². The minimum Gasteiger partial charge on any atom is -0.508 e. The van der Waals surface area contributed by atoms with Crippen molar-refractivity contribution in [2.75, 3.05) is 7.11 Å². The number of phenols is 1. The number of hydrogen-bond donors (Lipinski definition) is 1. The lowest BCUT2D eigenvalue weighted by atomic mass is 10.3. The number of methoxy groups -OCH3 is 1. The van der Waals surface area contributed by atoms with Crippen LogP contribution in [0, 0.1) is 0 Å². The highest BCUT2D eigenvalue weighted by atomic mass is 32.1. The molecule has 4 rings (SSSR count). The van der Waals surface area contributed by atoms with E-state index in [9.17, 15) is 5.11 Å². The second-order valence-corrected chi connectivity index (χ2v) is 5.95. The monoisotopic (exact) mass is 324 g/mol. The number of fused-ring (bicyclic) bond motifs is 1. The molecular weight excluding hydrogens is 312 g/mol. The largest absolute Gasteiger partial charge is 0.508 e. The van der Waals surface area contributed by atoms with Gasteiger partial charge in [-0.05, 0) is 42.5 Å². The first kappa shape index (κ1) is 13.7. The van der Waals surface area contributed by atoms with Crippen LogP contribution in [-0.2, 0) is 0 Å². The van der Waals surface area contributed by atoms with Crippen molar-refractivity contribution in [3.63, 3.8) is 0 Å². The highest BCUT2D eigenvalue weighted by molar-refractivity contribution is 7.21. The molecule has 0 saturated carbocycles. The number of aromatic hydroxyl groups is 1. The first-order valence-electron chi connectivity index (χ1n) is 6.89. The number of hydrogen-bond acceptors (Lipinski definition) is 6. The van der Waals surface area contributed by atoms with Gasteiger partial charge < -0.3 is 9.84 Å². The van der Waals surface area contributed by atoms with E-state index in [0.717, 1.165) is 26.7 Å². The molecule has 0 fully saturated rings. The Morgan fingerprint density at radius 2 is 1.96 bits per heavy atom. The van der Waals surface area contributed by atoms with E-state index in [2.05, 4.69) is 15.3 Å². The van der Waals surface area contributed by atoms with Crippen molar-refractivity contribution in [2.45, 2.75) is 0 Å². The number of thiazole rings is 1. The first-order valence-corrected chi connectivity index (χ1v) is 7.71. The van der Waals surface area contributed by atoms with E-state index >= 15 is 0 Å². The van der Waals surface area contributed by atoms with Gasteiger partial charge in [0.2, 0.25) is 0 Å². The molecule has 4 aromatic rings. The first-order chi connectivity index (χ1) is 11.2. The molecule has 0 saturated heterocycles. The molecule has 23 heavy (non-hydrogen) atoms. The highest BCUT2D eigenvalue weighted by Gasteiger charge is 2.11. The Morgan fingerprint density at radius 3 is 2.74 bits per heavy atom. The predicted octanol–water partition coefficient (Wildman–Crippen LogP) is 3.26. The second kappa shape index (κ2) is 5.36. The fourth-order valence-electron chi connectivity index (χ4n) is 2.23. The van der Waals surface area contributed by atoms with Gasteiger partial charge in [0, 0.05) is 0 Å². The summed E-state index contributed by atoms with van der Waals surface area (Å²) < 4.78 is 7.93. The van der Waals surface area contributed by atoms with Crippen molar-refractivity contribution in [1.82, 2.24) is 20.0 Å². The summed E-state index contributed by atoms with van der Waals surface area (Å²) in [5.41, 5.74) is 2.44. The van der Waals surface area contributed by atoms with E-state index < -0.39 is 0 Å². The summed E-state index contributed by atoms with van der Waals surface area (Å²) in [6, 6.07) is 12.5. The zero-order chi connectivity index (χ0) is 15.8. The van der Waals surface area contributed by atoms with Crippen molar-refractivity contribution in [3.8, 4) is 27.9 Å². The molecule has 0 spiro atoms. The zero-order valence-corrected chi connectivity index (χ0v) is 13.0. The van der Waals surface area contributed by atoms with Crippen molar-refractivity contribution >= 4 is 21.6 Å². The van der Waals surface area contributed by atoms with Crippen LogP contribution in [-0.4, -0.2) is 32.2 Å². The van der Waals surface area contributed by atoms with Gasteiger partial charge in [-0.25, -0.2) is 9.67 Å². The van der Waals surface area contributed by atoms with Crippen molar-refractivity contribution < 1.29 is 9.84 Å². The Morgan fingerprint density at radius 1 is 1.13 bits per heavy atom. The van der Waals surface area contributed by atoms with Crippen LogP contribution in [0.15, 0.2) is 48.7 Å². The minimum atomic E-state index is 0.217. The molecule has 0 aliphatic rings. The smallest absolute Gasteiger partial charge is 0.146 e. The van der Waals surface area contributed by atoms with Crippen LogP contribution < -0.4 is 4.74 Å². The fourth-order valence-corrected chi connectivity index (χ4v) is 3.18. The molecule has 0 aliphatic heterocycles. The normalized spacial score (nSPS) is 11.0. The molecule has 0 atom stereocenters. The third kappa shape index (κ3) is 2.51. The van der Waals surface area contributed by atoms with Gasteiger partial charge in [-0.3, -0.25) is 0 Å². The Bertz CT molecular complexity index is 975. The van der Waals surface area contributed by atoms with Crippen LogP contribution in [0.5, 0.6) is 11.5 Å². The summed E-state index contributed by atoms with van der Waals surface area (Å²) in [6.45, 7) is 0. The number of rotatable bonds is 3. The van der Waals surface area contributed by atoms with Gasteiger partial charge in [-0.1, -0.05) is 5.21 Å². The average molecular weight is 324 g/mol. The molecule has 0 bridgehead atoms. The Labute approximate surface area is 135 Å². The van der Waals surface area contributed by atoms with Gasteiger partial charge in [-0.15, -0.1) is 16.4 Å². The van der Waals surface area contributed by atoms with Crippen LogP contribution in [0.4, 0.5) is 0 Å². The van der Waals surface area contributed by atoms with Gasteiger partial charge >= 0.3 is 0 Å². The van der Waals surface area contributed by atoms with E-state index in [1.54, 1.807) is 47.4 Å². The number of benzene rings is 2. The maximum atomic E-state index is 9.35. The van der Waals surface area contributed by atoms with Gasteiger partial charge in [-0.2, -0.15) is 0 Å².